The molecule has 1 aliphatic heterocycles. The molecule has 9 heteroatoms. The normalized spacial score (nSPS) is 16.5. The number of likely N-dealkylation sites (N-methyl/N-ethyl adjacent to an activating group) is 2. The number of carbonyl (C=O) groups is 2. The van der Waals surface area contributed by atoms with E-state index in [4.69, 9.17) is 23.2 Å². The van der Waals surface area contributed by atoms with E-state index in [1.165, 1.54) is 9.80 Å². The average molecular weight is 551 g/mol. The van der Waals surface area contributed by atoms with Gasteiger partial charge in [-0.2, -0.15) is 0 Å². The zero-order chi connectivity index (χ0) is 23.0. The fourth-order valence-electron chi connectivity index (χ4n) is 3.33. The van der Waals surface area contributed by atoms with Gasteiger partial charge in [0.15, 0.2) is 0 Å². The van der Waals surface area contributed by atoms with E-state index < -0.39 is 5.50 Å². The molecule has 0 atom stereocenters. The van der Waals surface area contributed by atoms with Crippen molar-refractivity contribution in [3.63, 3.8) is 0 Å². The Hall–Kier alpha value is -2.15. The van der Waals surface area contributed by atoms with E-state index in [9.17, 15) is 9.59 Å². The molecular weight excluding hydrogens is 532 g/mol. The van der Waals surface area contributed by atoms with Crippen molar-refractivity contribution in [3.05, 3.63) is 80.7 Å². The van der Waals surface area contributed by atoms with E-state index in [-0.39, 0.29) is 31.9 Å². The molecule has 0 unspecified atom stereocenters. The number of thiol groups is 1. The molecule has 2 amide bonds. The summed E-state index contributed by atoms with van der Waals surface area (Å²) in [4.78, 5) is 30.4. The van der Waals surface area contributed by atoms with E-state index >= 15 is 0 Å². The van der Waals surface area contributed by atoms with Crippen LogP contribution in [0.1, 0.15) is 4.44 Å². The summed E-state index contributed by atoms with van der Waals surface area (Å²) in [5, 5.41) is 1.31. The van der Waals surface area contributed by atoms with Gasteiger partial charge in [-0.05, 0) is 0 Å². The van der Waals surface area contributed by atoms with Crippen LogP contribution in [0, 0.1) is 0 Å². The topological polar surface area (TPSA) is 43.9 Å². The molecule has 0 radical (unpaired) electrons. The zero-order valence-electron chi connectivity index (χ0n) is 17.2. The average Bonchev–Trinajstić information content (AvgIpc) is 3.25. The Balaban J connectivity index is 1.74. The van der Waals surface area contributed by atoms with Crippen LogP contribution in [0.2, 0.25) is 10.0 Å². The van der Waals surface area contributed by atoms with Crippen molar-refractivity contribution >= 4 is 84.2 Å². The fourth-order valence-corrected chi connectivity index (χ4v) is 5.87. The van der Waals surface area contributed by atoms with Crippen LogP contribution in [0.4, 0.5) is 15.9 Å². The number of hydrogen-bond donors (Lipinski definition) is 1. The fraction of sp³-hybridized carbons (Fsp3) is 0.130. The number of benzene rings is 2. The molecule has 5 nitrogen and oxygen atoms in total. The molecule has 3 aromatic rings. The third kappa shape index (κ3) is 4.49. The summed E-state index contributed by atoms with van der Waals surface area (Å²) in [6.07, 6.45) is 1.70. The Morgan fingerprint density at radius 3 is 1.78 bits per heavy atom. The van der Waals surface area contributed by atoms with Crippen LogP contribution in [-0.2, 0) is 9.59 Å². The first-order valence-corrected chi connectivity index (χ1v) is 12.6. The molecule has 2 aromatic carbocycles. The van der Waals surface area contributed by atoms with Crippen LogP contribution in [0.15, 0.2) is 66.2 Å². The zero-order valence-corrected chi connectivity index (χ0v) is 21.3. The van der Waals surface area contributed by atoms with Crippen LogP contribution >= 0.6 is 35.8 Å². The van der Waals surface area contributed by atoms with Gasteiger partial charge in [0.1, 0.15) is 0 Å². The van der Waals surface area contributed by atoms with Gasteiger partial charge in [-0.15, -0.1) is 0 Å². The molecular formula is C23H19Cl2N3O2SSe. The van der Waals surface area contributed by atoms with E-state index in [2.05, 4.69) is 17.5 Å². The Morgan fingerprint density at radius 1 is 0.844 bits per heavy atom. The molecule has 1 fully saturated rings. The quantitative estimate of drug-likeness (QED) is 0.214. The Bertz CT molecular complexity index is 1130. The molecule has 32 heavy (non-hydrogen) atoms. The van der Waals surface area contributed by atoms with Crippen molar-refractivity contribution < 1.29 is 9.59 Å². The number of rotatable bonds is 4. The third-order valence-corrected chi connectivity index (χ3v) is 8.41. The number of anilines is 3. The van der Waals surface area contributed by atoms with Crippen molar-refractivity contribution in [1.82, 2.24) is 9.80 Å². The maximum atomic E-state index is 12.7. The van der Waals surface area contributed by atoms with E-state index in [0.717, 1.165) is 20.4 Å². The molecule has 1 aromatic heterocycles. The third-order valence-electron chi connectivity index (χ3n) is 5.08. The van der Waals surface area contributed by atoms with Gasteiger partial charge in [-0.25, -0.2) is 0 Å². The van der Waals surface area contributed by atoms with Gasteiger partial charge < -0.3 is 0 Å². The Labute approximate surface area is 208 Å². The van der Waals surface area contributed by atoms with Gasteiger partial charge in [-0.3, -0.25) is 0 Å². The number of halogens is 2. The molecule has 0 spiro atoms. The van der Waals surface area contributed by atoms with Crippen LogP contribution in [0.5, 0.6) is 0 Å². The molecule has 1 saturated heterocycles. The van der Waals surface area contributed by atoms with Crippen molar-refractivity contribution in [2.75, 3.05) is 19.0 Å². The SMILES string of the molecule is CN1C(=O)C(=Cc2ccc(N(c3ccc(Cl)cc3)c3ccc(Cl)cc3)[se]2)C(=O)N(C)C1S. The molecule has 4 rings (SSSR count). The van der Waals surface area contributed by atoms with Gasteiger partial charge in [-0.1, -0.05) is 0 Å². The van der Waals surface area contributed by atoms with Crippen LogP contribution in [-0.4, -0.2) is 55.7 Å². The van der Waals surface area contributed by atoms with Crippen LogP contribution in [0.25, 0.3) is 6.08 Å². The minimum absolute atomic E-state index is 0.137. The van der Waals surface area contributed by atoms with Gasteiger partial charge in [0.05, 0.1) is 0 Å². The monoisotopic (exact) mass is 551 g/mol. The van der Waals surface area contributed by atoms with Gasteiger partial charge in [0, 0.05) is 0 Å². The molecule has 164 valence electrons. The number of nitrogens with zero attached hydrogens (tertiary/aromatic N) is 3. The van der Waals surface area contributed by atoms with Crippen LogP contribution in [0.3, 0.4) is 0 Å². The summed E-state index contributed by atoms with van der Waals surface area (Å²) in [5.74, 6) is -0.656. The first-order chi connectivity index (χ1) is 15.3. The van der Waals surface area contributed by atoms with Gasteiger partial charge >= 0.3 is 209 Å². The van der Waals surface area contributed by atoms with Crippen molar-refractivity contribution in [2.24, 2.45) is 0 Å². The second-order valence-electron chi connectivity index (χ2n) is 7.20. The second kappa shape index (κ2) is 9.38. The second-order valence-corrected chi connectivity index (χ2v) is 10.8. The molecule has 0 aliphatic carbocycles. The van der Waals surface area contributed by atoms with Gasteiger partial charge in [0.2, 0.25) is 0 Å². The molecule has 1 aliphatic rings. The van der Waals surface area contributed by atoms with E-state index in [0.29, 0.717) is 10.0 Å². The number of carbonyl (C=O) groups excluding carboxylic acids is 2. The van der Waals surface area contributed by atoms with Gasteiger partial charge in [0.25, 0.3) is 0 Å². The molecule has 0 saturated carbocycles. The summed E-state index contributed by atoms with van der Waals surface area (Å²) in [6.45, 7) is 0. The predicted octanol–water partition coefficient (Wildman–Crippen LogP) is 5.05. The summed E-state index contributed by atoms with van der Waals surface area (Å²) >= 11 is 16.4. The first-order valence-electron chi connectivity index (χ1n) is 9.61. The summed E-state index contributed by atoms with van der Waals surface area (Å²) in [7, 11) is 3.27. The predicted molar refractivity (Wildman–Crippen MR) is 134 cm³/mol. The van der Waals surface area contributed by atoms with E-state index in [1.54, 1.807) is 20.2 Å². The molecule has 2 heterocycles. The Morgan fingerprint density at radius 2 is 1.31 bits per heavy atom. The molecule has 0 bridgehead atoms. The van der Waals surface area contributed by atoms with E-state index in [1.807, 2.05) is 60.7 Å². The molecule has 0 N–H and O–H groups in total. The standard InChI is InChI=1S/C23H19Cl2N3O2SSe/c1-26-21(29)19(22(30)27(2)23(26)31)13-18-11-12-20(32-18)28(16-7-3-14(24)4-8-16)17-9-5-15(25)6-10-17/h3-13,23,31H,1-2H3. The van der Waals surface area contributed by atoms with Crippen molar-refractivity contribution in [3.8, 4) is 0 Å². The van der Waals surface area contributed by atoms with Crippen LogP contribution < -0.4 is 4.90 Å². The summed E-state index contributed by atoms with van der Waals surface area (Å²) in [5.41, 5.74) is 1.48. The van der Waals surface area contributed by atoms with Crippen molar-refractivity contribution in [1.29, 1.82) is 0 Å². The summed E-state index contributed by atoms with van der Waals surface area (Å²) < 4.78 is 1.98. The minimum atomic E-state index is -0.575. The first kappa shape index (κ1) is 23.0. The number of amides is 2. The Kier molecular flexibility index (Phi) is 6.75. The maximum absolute atomic E-state index is 12.7. The number of hydrogen-bond acceptors (Lipinski definition) is 4. The van der Waals surface area contributed by atoms with Crippen molar-refractivity contribution in [2.45, 2.75) is 5.50 Å². The summed E-state index contributed by atoms with van der Waals surface area (Å²) in [6, 6.07) is 19.2.